The highest BCUT2D eigenvalue weighted by molar-refractivity contribution is 5.78. The fourth-order valence-electron chi connectivity index (χ4n) is 2.09. The van der Waals surface area contributed by atoms with E-state index in [0.29, 0.717) is 12.2 Å². The van der Waals surface area contributed by atoms with Gasteiger partial charge in [-0.05, 0) is 18.8 Å². The van der Waals surface area contributed by atoms with Crippen molar-refractivity contribution in [2.75, 3.05) is 13.1 Å². The van der Waals surface area contributed by atoms with Crippen molar-refractivity contribution in [3.05, 3.63) is 17.5 Å². The minimum Gasteiger partial charge on any atom is -0.361 e. The third kappa shape index (κ3) is 2.43. The summed E-state index contributed by atoms with van der Waals surface area (Å²) in [5.41, 5.74) is 1.08. The molecule has 0 aliphatic carbocycles. The zero-order valence-corrected chi connectivity index (χ0v) is 10.1. The first-order chi connectivity index (χ1) is 7.46. The number of amides is 1. The van der Waals surface area contributed by atoms with Gasteiger partial charge in [0.2, 0.25) is 5.91 Å². The molecule has 0 atom stereocenters. The summed E-state index contributed by atoms with van der Waals surface area (Å²) in [5, 5.41) is 3.78. The smallest absolute Gasteiger partial charge is 0.230 e. The second kappa shape index (κ2) is 3.92. The van der Waals surface area contributed by atoms with Crippen LogP contribution in [0.5, 0.6) is 0 Å². The van der Waals surface area contributed by atoms with Gasteiger partial charge in [0.1, 0.15) is 5.76 Å². The highest BCUT2D eigenvalue weighted by Gasteiger charge is 2.32. The predicted octanol–water partition coefficient (Wildman–Crippen LogP) is 1.78. The quantitative estimate of drug-likeness (QED) is 0.766. The topological polar surface area (TPSA) is 46.3 Å². The van der Waals surface area contributed by atoms with Crippen LogP contribution in [-0.4, -0.2) is 29.1 Å². The zero-order valence-electron chi connectivity index (χ0n) is 10.1. The van der Waals surface area contributed by atoms with Gasteiger partial charge >= 0.3 is 0 Å². The Hall–Kier alpha value is -1.32. The van der Waals surface area contributed by atoms with Gasteiger partial charge in [0, 0.05) is 19.2 Å². The molecule has 0 bridgehead atoms. The van der Waals surface area contributed by atoms with Gasteiger partial charge < -0.3 is 9.42 Å². The summed E-state index contributed by atoms with van der Waals surface area (Å²) < 4.78 is 5.05. The molecule has 2 rings (SSSR count). The second-order valence-electron chi connectivity index (χ2n) is 5.34. The Labute approximate surface area is 95.6 Å². The van der Waals surface area contributed by atoms with Gasteiger partial charge in [-0.1, -0.05) is 19.0 Å². The minimum atomic E-state index is 0.140. The number of nitrogens with zero attached hydrogens (tertiary/aromatic N) is 2. The Kier molecular flexibility index (Phi) is 2.74. The van der Waals surface area contributed by atoms with E-state index in [-0.39, 0.29) is 11.3 Å². The lowest BCUT2D eigenvalue weighted by atomic mass is 9.93. The first kappa shape index (κ1) is 11.2. The van der Waals surface area contributed by atoms with Gasteiger partial charge in [-0.3, -0.25) is 4.79 Å². The van der Waals surface area contributed by atoms with Gasteiger partial charge in [-0.25, -0.2) is 0 Å². The van der Waals surface area contributed by atoms with Crippen LogP contribution in [0.3, 0.4) is 0 Å². The maximum atomic E-state index is 11.9. The van der Waals surface area contributed by atoms with Crippen molar-refractivity contribution in [2.24, 2.45) is 5.41 Å². The molecule has 4 nitrogen and oxygen atoms in total. The maximum Gasteiger partial charge on any atom is 0.230 e. The van der Waals surface area contributed by atoms with E-state index in [9.17, 15) is 4.79 Å². The molecule has 1 amide bonds. The number of rotatable bonds is 2. The SMILES string of the molecule is Cc1cc(CC(=O)N2CCC(C)(C)C2)on1. The zero-order chi connectivity index (χ0) is 11.8. The van der Waals surface area contributed by atoms with Crippen molar-refractivity contribution >= 4 is 5.91 Å². The molecule has 16 heavy (non-hydrogen) atoms. The Morgan fingerprint density at radius 2 is 2.38 bits per heavy atom. The Morgan fingerprint density at radius 1 is 1.62 bits per heavy atom. The predicted molar refractivity (Wildman–Crippen MR) is 59.9 cm³/mol. The van der Waals surface area contributed by atoms with Crippen molar-refractivity contribution in [1.82, 2.24) is 10.1 Å². The molecule has 0 N–H and O–H groups in total. The van der Waals surface area contributed by atoms with Crippen LogP contribution in [-0.2, 0) is 11.2 Å². The first-order valence-electron chi connectivity index (χ1n) is 5.66. The van der Waals surface area contributed by atoms with E-state index >= 15 is 0 Å². The molecular formula is C12H18N2O2. The molecule has 0 unspecified atom stereocenters. The van der Waals surface area contributed by atoms with Crippen molar-refractivity contribution in [3.63, 3.8) is 0 Å². The van der Waals surface area contributed by atoms with Crippen LogP contribution in [0.1, 0.15) is 31.7 Å². The summed E-state index contributed by atoms with van der Waals surface area (Å²) in [5.74, 6) is 0.800. The van der Waals surface area contributed by atoms with Crippen molar-refractivity contribution < 1.29 is 9.32 Å². The average molecular weight is 222 g/mol. The van der Waals surface area contributed by atoms with Gasteiger partial charge in [0.15, 0.2) is 0 Å². The number of carbonyl (C=O) groups excluding carboxylic acids is 1. The molecule has 1 fully saturated rings. The lowest BCUT2D eigenvalue weighted by molar-refractivity contribution is -0.130. The lowest BCUT2D eigenvalue weighted by Crippen LogP contribution is -2.31. The third-order valence-electron chi connectivity index (χ3n) is 3.03. The van der Waals surface area contributed by atoms with Crippen molar-refractivity contribution in [2.45, 2.75) is 33.6 Å². The van der Waals surface area contributed by atoms with Crippen LogP contribution in [0.4, 0.5) is 0 Å². The molecular weight excluding hydrogens is 204 g/mol. The van der Waals surface area contributed by atoms with Crippen LogP contribution in [0, 0.1) is 12.3 Å². The molecule has 0 spiro atoms. The molecule has 2 heterocycles. The number of aromatic nitrogens is 1. The fraction of sp³-hybridized carbons (Fsp3) is 0.667. The van der Waals surface area contributed by atoms with Crippen LogP contribution >= 0.6 is 0 Å². The summed E-state index contributed by atoms with van der Waals surface area (Å²) in [6, 6.07) is 1.82. The van der Waals surface area contributed by atoms with Crippen LogP contribution in [0.25, 0.3) is 0 Å². The molecule has 0 aromatic carbocycles. The van der Waals surface area contributed by atoms with Gasteiger partial charge in [-0.2, -0.15) is 0 Å². The summed E-state index contributed by atoms with van der Waals surface area (Å²) in [6.07, 6.45) is 1.41. The summed E-state index contributed by atoms with van der Waals surface area (Å²) in [4.78, 5) is 13.9. The Morgan fingerprint density at radius 3 is 2.88 bits per heavy atom. The molecule has 1 aliphatic rings. The minimum absolute atomic E-state index is 0.140. The second-order valence-corrected chi connectivity index (χ2v) is 5.34. The standard InChI is InChI=1S/C12H18N2O2/c1-9-6-10(16-13-9)7-11(15)14-5-4-12(2,3)8-14/h6H,4-5,7-8H2,1-3H3. The average Bonchev–Trinajstić information content (AvgIpc) is 2.72. The van der Waals surface area contributed by atoms with E-state index in [1.807, 2.05) is 17.9 Å². The number of hydrogen-bond acceptors (Lipinski definition) is 3. The van der Waals surface area contributed by atoms with Crippen LogP contribution in [0.2, 0.25) is 0 Å². The molecule has 1 saturated heterocycles. The molecule has 0 saturated carbocycles. The van der Waals surface area contributed by atoms with E-state index in [2.05, 4.69) is 19.0 Å². The molecule has 0 radical (unpaired) electrons. The molecule has 1 aromatic rings. The third-order valence-corrected chi connectivity index (χ3v) is 3.03. The number of hydrogen-bond donors (Lipinski definition) is 0. The Bertz CT molecular complexity index is 395. The first-order valence-corrected chi connectivity index (χ1v) is 5.66. The fourth-order valence-corrected chi connectivity index (χ4v) is 2.09. The summed E-state index contributed by atoms with van der Waals surface area (Å²) in [7, 11) is 0. The Balaban J connectivity index is 1.94. The van der Waals surface area contributed by atoms with Crippen LogP contribution < -0.4 is 0 Å². The summed E-state index contributed by atoms with van der Waals surface area (Å²) >= 11 is 0. The summed E-state index contributed by atoms with van der Waals surface area (Å²) in [6.45, 7) is 7.95. The van der Waals surface area contributed by atoms with Crippen molar-refractivity contribution in [1.29, 1.82) is 0 Å². The number of carbonyl (C=O) groups is 1. The normalized spacial score (nSPS) is 19.1. The lowest BCUT2D eigenvalue weighted by Gasteiger charge is -2.19. The molecule has 1 aliphatic heterocycles. The number of likely N-dealkylation sites (tertiary alicyclic amines) is 1. The van der Waals surface area contributed by atoms with E-state index in [4.69, 9.17) is 4.52 Å². The van der Waals surface area contributed by atoms with E-state index in [1.54, 1.807) is 0 Å². The van der Waals surface area contributed by atoms with Gasteiger partial charge in [0.05, 0.1) is 12.1 Å². The van der Waals surface area contributed by atoms with Gasteiger partial charge in [-0.15, -0.1) is 0 Å². The van der Waals surface area contributed by atoms with E-state index in [1.165, 1.54) is 0 Å². The van der Waals surface area contributed by atoms with Crippen molar-refractivity contribution in [3.8, 4) is 0 Å². The molecule has 1 aromatic heterocycles. The molecule has 4 heteroatoms. The maximum absolute atomic E-state index is 11.9. The highest BCUT2D eigenvalue weighted by atomic mass is 16.5. The largest absolute Gasteiger partial charge is 0.361 e. The van der Waals surface area contributed by atoms with Crippen LogP contribution in [0.15, 0.2) is 10.6 Å². The number of aryl methyl sites for hydroxylation is 1. The monoisotopic (exact) mass is 222 g/mol. The van der Waals surface area contributed by atoms with E-state index in [0.717, 1.165) is 25.2 Å². The van der Waals surface area contributed by atoms with E-state index < -0.39 is 0 Å². The van der Waals surface area contributed by atoms with Gasteiger partial charge in [0.25, 0.3) is 0 Å². The highest BCUT2D eigenvalue weighted by Crippen LogP contribution is 2.29. The molecule has 88 valence electrons.